The molecule has 0 aliphatic heterocycles. The van der Waals surface area contributed by atoms with Crippen molar-refractivity contribution in [2.45, 2.75) is 9.79 Å². The van der Waals surface area contributed by atoms with Crippen molar-refractivity contribution in [1.82, 2.24) is 0 Å². The van der Waals surface area contributed by atoms with Crippen molar-refractivity contribution in [2.24, 2.45) is 0 Å². The zero-order chi connectivity index (χ0) is 10.3. The van der Waals surface area contributed by atoms with Gasteiger partial charge in [0.15, 0.2) is 0 Å². The van der Waals surface area contributed by atoms with Crippen LogP contribution in [0, 0.1) is 0 Å². The summed E-state index contributed by atoms with van der Waals surface area (Å²) < 4.78 is 0. The largest absolute Gasteiger partial charge is 0.281 e. The predicted molar refractivity (Wildman–Crippen MR) is 70.4 cm³/mol. The molecular weight excluding hydrogens is 219 g/mol. The maximum atomic E-state index is 2.16. The fraction of sp³-hybridized carbons (Fsp3) is 0. The summed E-state index contributed by atoms with van der Waals surface area (Å²) in [7, 11) is 0. The van der Waals surface area contributed by atoms with Crippen LogP contribution in [0.25, 0.3) is 0 Å². The van der Waals surface area contributed by atoms with Gasteiger partial charge >= 0.3 is 0 Å². The SMILES string of the molecule is [B](Sc1ccccc1)Sc1ccccc1. The van der Waals surface area contributed by atoms with Gasteiger partial charge in [0, 0.05) is 0 Å². The Balaban J connectivity index is 1.81. The number of rotatable bonds is 4. The molecule has 0 heterocycles. The molecule has 3 heteroatoms. The molecule has 15 heavy (non-hydrogen) atoms. The van der Waals surface area contributed by atoms with E-state index in [1.54, 1.807) is 23.2 Å². The maximum absolute atomic E-state index is 2.16. The normalized spacial score (nSPS) is 9.87. The Morgan fingerprint density at radius 2 is 1.00 bits per heavy atom. The van der Waals surface area contributed by atoms with Gasteiger partial charge in [-0.3, -0.25) is 0 Å². The molecule has 2 aromatic carbocycles. The third-order valence-electron chi connectivity index (χ3n) is 1.85. The van der Waals surface area contributed by atoms with E-state index in [1.165, 1.54) is 9.79 Å². The lowest BCUT2D eigenvalue weighted by Gasteiger charge is -2.00. The first-order valence-corrected chi connectivity index (χ1v) is 6.46. The topological polar surface area (TPSA) is 0 Å². The van der Waals surface area contributed by atoms with Crippen molar-refractivity contribution in [3.05, 3.63) is 60.7 Å². The third-order valence-corrected chi connectivity index (χ3v) is 3.71. The maximum Gasteiger partial charge on any atom is 0.281 e. The molecule has 73 valence electrons. The van der Waals surface area contributed by atoms with E-state index >= 15 is 0 Å². The molecule has 0 N–H and O–H groups in total. The van der Waals surface area contributed by atoms with Crippen LogP contribution in [0.15, 0.2) is 70.5 Å². The lowest BCUT2D eigenvalue weighted by Crippen LogP contribution is -1.77. The van der Waals surface area contributed by atoms with Crippen LogP contribution in [0.1, 0.15) is 0 Å². The van der Waals surface area contributed by atoms with Crippen LogP contribution in [-0.2, 0) is 0 Å². The molecule has 0 aromatic heterocycles. The van der Waals surface area contributed by atoms with E-state index in [0.717, 1.165) is 0 Å². The molecule has 0 saturated heterocycles. The first kappa shape index (κ1) is 10.7. The number of hydrogen-bond donors (Lipinski definition) is 0. The molecule has 0 nitrogen and oxygen atoms in total. The second-order valence-corrected chi connectivity index (χ2v) is 5.14. The molecule has 0 amide bonds. The molecular formula is C12H10BS2. The van der Waals surface area contributed by atoms with Crippen LogP contribution < -0.4 is 0 Å². The smallest absolute Gasteiger partial charge is 0.167 e. The van der Waals surface area contributed by atoms with Crippen LogP contribution in [0.4, 0.5) is 0 Å². The Kier molecular flexibility index (Phi) is 4.24. The van der Waals surface area contributed by atoms with Crippen molar-refractivity contribution < 1.29 is 0 Å². The summed E-state index contributed by atoms with van der Waals surface area (Å²) in [5.41, 5.74) is 0. The van der Waals surface area contributed by atoms with Crippen LogP contribution in [0.5, 0.6) is 0 Å². The Morgan fingerprint density at radius 1 is 0.600 bits per heavy atom. The molecule has 0 aliphatic carbocycles. The van der Waals surface area contributed by atoms with Gasteiger partial charge in [0.05, 0.1) is 0 Å². The molecule has 0 atom stereocenters. The highest BCUT2D eigenvalue weighted by atomic mass is 32.2. The fourth-order valence-electron chi connectivity index (χ4n) is 1.13. The minimum Gasteiger partial charge on any atom is -0.167 e. The highest BCUT2D eigenvalue weighted by Crippen LogP contribution is 2.24. The zero-order valence-electron chi connectivity index (χ0n) is 8.17. The van der Waals surface area contributed by atoms with Gasteiger partial charge < -0.3 is 0 Å². The first-order valence-electron chi connectivity index (χ1n) is 4.70. The van der Waals surface area contributed by atoms with Gasteiger partial charge in [-0.1, -0.05) is 36.4 Å². The Morgan fingerprint density at radius 3 is 1.40 bits per heavy atom. The van der Waals surface area contributed by atoms with Crippen molar-refractivity contribution in [3.8, 4) is 0 Å². The molecule has 0 aliphatic rings. The third kappa shape index (κ3) is 3.69. The lowest BCUT2D eigenvalue weighted by atomic mass is 10.4. The summed E-state index contributed by atoms with van der Waals surface area (Å²) in [5.74, 6) is 2.16. The standard InChI is InChI=1S/C12H10BS2/c1-3-7-11(8-4-1)14-13-15-12-9-5-2-6-10-12/h1-10H. The molecule has 0 spiro atoms. The van der Waals surface area contributed by atoms with Gasteiger partial charge in [0.25, 0.3) is 5.84 Å². The second kappa shape index (κ2) is 5.94. The van der Waals surface area contributed by atoms with Crippen LogP contribution >= 0.6 is 23.2 Å². The van der Waals surface area contributed by atoms with Gasteiger partial charge in [-0.2, -0.15) is 23.2 Å². The fourth-order valence-corrected chi connectivity index (χ4v) is 2.84. The van der Waals surface area contributed by atoms with Gasteiger partial charge in [-0.05, 0) is 34.1 Å². The van der Waals surface area contributed by atoms with Crippen molar-refractivity contribution in [2.75, 3.05) is 0 Å². The first-order chi connectivity index (χ1) is 7.45. The lowest BCUT2D eigenvalue weighted by molar-refractivity contribution is 1.47. The molecule has 1 radical (unpaired) electrons. The summed E-state index contributed by atoms with van der Waals surface area (Å²) in [5, 5.41) is 0. The van der Waals surface area contributed by atoms with Crippen molar-refractivity contribution >= 4 is 29.1 Å². The average Bonchev–Trinajstić information content (AvgIpc) is 2.32. The molecule has 0 saturated carbocycles. The van der Waals surface area contributed by atoms with E-state index in [0.29, 0.717) is 0 Å². The Bertz CT molecular complexity index is 349. The summed E-state index contributed by atoms with van der Waals surface area (Å²) in [6.45, 7) is 0. The number of hydrogen-bond acceptors (Lipinski definition) is 2. The zero-order valence-corrected chi connectivity index (χ0v) is 9.80. The van der Waals surface area contributed by atoms with Crippen LogP contribution in [-0.4, -0.2) is 5.84 Å². The van der Waals surface area contributed by atoms with Gasteiger partial charge in [-0.15, -0.1) is 0 Å². The van der Waals surface area contributed by atoms with E-state index in [-0.39, 0.29) is 0 Å². The molecule has 0 unspecified atom stereocenters. The minimum atomic E-state index is 1.28. The molecule has 0 fully saturated rings. The summed E-state index contributed by atoms with van der Waals surface area (Å²) in [4.78, 5) is 2.56. The van der Waals surface area contributed by atoms with Crippen LogP contribution in [0.3, 0.4) is 0 Å². The van der Waals surface area contributed by atoms with E-state index in [2.05, 4.69) is 54.4 Å². The van der Waals surface area contributed by atoms with Gasteiger partial charge in [0.1, 0.15) is 0 Å². The van der Waals surface area contributed by atoms with E-state index < -0.39 is 0 Å². The second-order valence-electron chi connectivity index (χ2n) is 2.96. The Hall–Kier alpha value is -0.795. The molecule has 2 rings (SSSR count). The van der Waals surface area contributed by atoms with Gasteiger partial charge in [-0.25, -0.2) is 0 Å². The molecule has 2 aromatic rings. The number of benzene rings is 2. The Labute approximate surface area is 99.5 Å². The highest BCUT2D eigenvalue weighted by molar-refractivity contribution is 8.50. The van der Waals surface area contributed by atoms with Crippen molar-refractivity contribution in [3.63, 3.8) is 0 Å². The van der Waals surface area contributed by atoms with Crippen LogP contribution in [0.2, 0.25) is 0 Å². The average molecular weight is 229 g/mol. The van der Waals surface area contributed by atoms with E-state index in [9.17, 15) is 0 Å². The van der Waals surface area contributed by atoms with E-state index in [4.69, 9.17) is 0 Å². The monoisotopic (exact) mass is 229 g/mol. The summed E-state index contributed by atoms with van der Waals surface area (Å²) >= 11 is 3.51. The quantitative estimate of drug-likeness (QED) is 0.723. The van der Waals surface area contributed by atoms with Crippen molar-refractivity contribution in [1.29, 1.82) is 0 Å². The predicted octanol–water partition coefficient (Wildman–Crippen LogP) is 4.11. The summed E-state index contributed by atoms with van der Waals surface area (Å²) in [6, 6.07) is 20.8. The minimum absolute atomic E-state index is 1.28. The highest BCUT2D eigenvalue weighted by Gasteiger charge is 1.96. The van der Waals surface area contributed by atoms with E-state index in [1.807, 2.05) is 12.1 Å². The van der Waals surface area contributed by atoms with Gasteiger partial charge in [0.2, 0.25) is 0 Å². The summed E-state index contributed by atoms with van der Waals surface area (Å²) in [6.07, 6.45) is 0. The molecule has 0 bridgehead atoms.